The first kappa shape index (κ1) is 12.3. The summed E-state index contributed by atoms with van der Waals surface area (Å²) >= 11 is 7.42. The Kier molecular flexibility index (Phi) is 3.27. The van der Waals surface area contributed by atoms with Crippen molar-refractivity contribution in [1.82, 2.24) is 20.2 Å². The number of aromatic nitrogens is 4. The highest BCUT2D eigenvalue weighted by Gasteiger charge is 2.12. The third-order valence-corrected chi connectivity index (χ3v) is 3.56. The molecule has 0 saturated carbocycles. The molecule has 0 spiro atoms. The number of fused-ring (bicyclic) bond motifs is 1. The van der Waals surface area contributed by atoms with Gasteiger partial charge in [0, 0.05) is 10.7 Å². The zero-order valence-electron chi connectivity index (χ0n) is 10.0. The molecule has 0 aliphatic rings. The van der Waals surface area contributed by atoms with Gasteiger partial charge in [-0.05, 0) is 30.5 Å². The van der Waals surface area contributed by atoms with Gasteiger partial charge in [-0.25, -0.2) is 9.97 Å². The van der Waals surface area contributed by atoms with Gasteiger partial charge in [0.05, 0.1) is 5.39 Å². The lowest BCUT2D eigenvalue weighted by Crippen LogP contribution is -1.95. The molecule has 2 heterocycles. The largest absolute Gasteiger partial charge is 0.339 e. The molecule has 0 aliphatic carbocycles. The first-order chi connectivity index (χ1) is 9.28. The van der Waals surface area contributed by atoms with Crippen LogP contribution < -0.4 is 5.32 Å². The minimum Gasteiger partial charge on any atom is -0.339 e. The zero-order valence-corrected chi connectivity index (χ0v) is 11.6. The van der Waals surface area contributed by atoms with Crippen LogP contribution in [0.2, 0.25) is 5.02 Å². The number of benzene rings is 1. The maximum Gasteiger partial charge on any atom is 0.161 e. The SMILES string of the molecule is CSc1n[nH]c2ncnc(Nc3ccc(Cl)cc3)c12. The second-order valence-corrected chi connectivity index (χ2v) is 5.04. The third-order valence-electron chi connectivity index (χ3n) is 2.62. The van der Waals surface area contributed by atoms with Crippen LogP contribution in [0, 0.1) is 0 Å². The number of thioether (sulfide) groups is 1. The summed E-state index contributed by atoms with van der Waals surface area (Å²) in [7, 11) is 0. The fourth-order valence-corrected chi connectivity index (χ4v) is 2.41. The van der Waals surface area contributed by atoms with Gasteiger partial charge in [-0.2, -0.15) is 5.10 Å². The Balaban J connectivity index is 2.04. The number of nitrogens with one attached hydrogen (secondary N) is 2. The molecule has 2 N–H and O–H groups in total. The smallest absolute Gasteiger partial charge is 0.161 e. The van der Waals surface area contributed by atoms with Crippen molar-refractivity contribution in [3.63, 3.8) is 0 Å². The van der Waals surface area contributed by atoms with Crippen LogP contribution in [0.25, 0.3) is 11.0 Å². The van der Waals surface area contributed by atoms with Crippen molar-refractivity contribution in [1.29, 1.82) is 0 Å². The molecule has 7 heteroatoms. The lowest BCUT2D eigenvalue weighted by Gasteiger charge is -2.06. The minimum atomic E-state index is 0.700. The van der Waals surface area contributed by atoms with Crippen molar-refractivity contribution >= 4 is 45.9 Å². The Hall–Kier alpha value is -1.79. The average molecular weight is 292 g/mol. The van der Waals surface area contributed by atoms with Crippen molar-refractivity contribution < 1.29 is 0 Å². The molecule has 0 fully saturated rings. The Morgan fingerprint density at radius 3 is 2.74 bits per heavy atom. The highest BCUT2D eigenvalue weighted by atomic mass is 35.5. The Morgan fingerprint density at radius 1 is 1.21 bits per heavy atom. The van der Waals surface area contributed by atoms with Gasteiger partial charge in [0.1, 0.15) is 17.2 Å². The highest BCUT2D eigenvalue weighted by Crippen LogP contribution is 2.29. The van der Waals surface area contributed by atoms with E-state index in [0.717, 1.165) is 27.6 Å². The quantitative estimate of drug-likeness (QED) is 0.723. The average Bonchev–Trinajstić information content (AvgIpc) is 2.85. The summed E-state index contributed by atoms with van der Waals surface area (Å²) in [5, 5.41) is 12.8. The normalized spacial score (nSPS) is 10.8. The monoisotopic (exact) mass is 291 g/mol. The summed E-state index contributed by atoms with van der Waals surface area (Å²) in [6.07, 6.45) is 3.47. The lowest BCUT2D eigenvalue weighted by molar-refractivity contribution is 1.02. The van der Waals surface area contributed by atoms with Gasteiger partial charge in [-0.3, -0.25) is 5.10 Å². The second kappa shape index (κ2) is 5.07. The molecule has 0 bridgehead atoms. The van der Waals surface area contributed by atoms with Crippen LogP contribution in [0.4, 0.5) is 11.5 Å². The number of halogens is 1. The van der Waals surface area contributed by atoms with Gasteiger partial charge in [-0.1, -0.05) is 11.6 Å². The summed E-state index contributed by atoms with van der Waals surface area (Å²) in [4.78, 5) is 8.44. The zero-order chi connectivity index (χ0) is 13.2. The number of aromatic amines is 1. The van der Waals surface area contributed by atoms with E-state index in [1.165, 1.54) is 6.33 Å². The van der Waals surface area contributed by atoms with Gasteiger partial charge in [0.2, 0.25) is 0 Å². The van der Waals surface area contributed by atoms with Crippen LogP contribution in [0.3, 0.4) is 0 Å². The van der Waals surface area contributed by atoms with Crippen molar-refractivity contribution in [2.45, 2.75) is 5.03 Å². The van der Waals surface area contributed by atoms with E-state index in [4.69, 9.17) is 11.6 Å². The van der Waals surface area contributed by atoms with E-state index in [1.54, 1.807) is 11.8 Å². The third kappa shape index (κ3) is 2.36. The van der Waals surface area contributed by atoms with Crippen molar-refractivity contribution in [2.75, 3.05) is 11.6 Å². The van der Waals surface area contributed by atoms with Crippen molar-refractivity contribution in [2.24, 2.45) is 0 Å². The molecule has 96 valence electrons. The van der Waals surface area contributed by atoms with Gasteiger partial charge in [0.25, 0.3) is 0 Å². The predicted molar refractivity (Wildman–Crippen MR) is 78.2 cm³/mol. The molecule has 0 radical (unpaired) electrons. The maximum atomic E-state index is 5.87. The fraction of sp³-hybridized carbons (Fsp3) is 0.0833. The molecule has 1 aromatic carbocycles. The molecule has 19 heavy (non-hydrogen) atoms. The first-order valence-corrected chi connectivity index (χ1v) is 7.14. The molecule has 3 aromatic rings. The molecule has 3 rings (SSSR count). The van der Waals surface area contributed by atoms with E-state index in [2.05, 4.69) is 25.5 Å². The van der Waals surface area contributed by atoms with Crippen molar-refractivity contribution in [3.05, 3.63) is 35.6 Å². The summed E-state index contributed by atoms with van der Waals surface area (Å²) in [5.74, 6) is 0.727. The molecule has 5 nitrogen and oxygen atoms in total. The van der Waals surface area contributed by atoms with E-state index in [1.807, 2.05) is 30.5 Å². The lowest BCUT2D eigenvalue weighted by atomic mass is 10.3. The molecule has 0 saturated heterocycles. The van der Waals surface area contributed by atoms with E-state index in [9.17, 15) is 0 Å². The van der Waals surface area contributed by atoms with E-state index >= 15 is 0 Å². The van der Waals surface area contributed by atoms with E-state index < -0.39 is 0 Å². The van der Waals surface area contributed by atoms with Gasteiger partial charge in [0.15, 0.2) is 5.65 Å². The molecule has 2 aromatic heterocycles. The second-order valence-electron chi connectivity index (χ2n) is 3.81. The molecule has 0 unspecified atom stereocenters. The fourth-order valence-electron chi connectivity index (χ4n) is 1.74. The van der Waals surface area contributed by atoms with Crippen molar-refractivity contribution in [3.8, 4) is 0 Å². The summed E-state index contributed by atoms with van der Waals surface area (Å²) in [5.41, 5.74) is 1.63. The van der Waals surface area contributed by atoms with Crippen LogP contribution in [0.15, 0.2) is 35.6 Å². The summed E-state index contributed by atoms with van der Waals surface area (Å²) in [6.45, 7) is 0. The number of hydrogen-bond donors (Lipinski definition) is 2. The molecule has 0 atom stereocenters. The number of rotatable bonds is 3. The van der Waals surface area contributed by atoms with Gasteiger partial charge in [-0.15, -0.1) is 11.8 Å². The number of hydrogen-bond acceptors (Lipinski definition) is 5. The summed E-state index contributed by atoms with van der Waals surface area (Å²) in [6, 6.07) is 7.45. The molecular weight excluding hydrogens is 282 g/mol. The Bertz CT molecular complexity index is 710. The van der Waals surface area contributed by atoms with Gasteiger partial charge < -0.3 is 5.32 Å². The highest BCUT2D eigenvalue weighted by molar-refractivity contribution is 7.98. The predicted octanol–water partition coefficient (Wildman–Crippen LogP) is 3.47. The van der Waals surface area contributed by atoms with E-state index in [0.29, 0.717) is 5.02 Å². The maximum absolute atomic E-state index is 5.87. The number of H-pyrrole nitrogens is 1. The molecule has 0 aliphatic heterocycles. The topological polar surface area (TPSA) is 66.5 Å². The molecular formula is C12H10ClN5S. The van der Waals surface area contributed by atoms with Crippen LogP contribution in [0.5, 0.6) is 0 Å². The van der Waals surface area contributed by atoms with Crippen LogP contribution >= 0.6 is 23.4 Å². The minimum absolute atomic E-state index is 0.700. The van der Waals surface area contributed by atoms with Gasteiger partial charge >= 0.3 is 0 Å². The first-order valence-electron chi connectivity index (χ1n) is 5.53. The Morgan fingerprint density at radius 2 is 2.00 bits per heavy atom. The van der Waals surface area contributed by atoms with Crippen LogP contribution in [0.1, 0.15) is 0 Å². The van der Waals surface area contributed by atoms with Crippen LogP contribution in [-0.2, 0) is 0 Å². The standard InChI is InChI=1S/C12H10ClN5S/c1-19-12-9-10(14-6-15-11(9)17-18-12)16-8-4-2-7(13)3-5-8/h2-6H,1H3,(H2,14,15,16,17,18). The molecule has 0 amide bonds. The van der Waals surface area contributed by atoms with Crippen LogP contribution in [-0.4, -0.2) is 26.4 Å². The summed E-state index contributed by atoms with van der Waals surface area (Å²) < 4.78 is 0. The Labute approximate surface area is 118 Å². The number of nitrogens with zero attached hydrogens (tertiary/aromatic N) is 3. The van der Waals surface area contributed by atoms with E-state index in [-0.39, 0.29) is 0 Å². The number of anilines is 2.